The molecule has 2 unspecified atom stereocenters. The number of carbonyl (C=O) groups is 4. The molecule has 1 aromatic carbocycles. The van der Waals surface area contributed by atoms with Crippen LogP contribution in [0.1, 0.15) is 54.4 Å². The van der Waals surface area contributed by atoms with Crippen LogP contribution in [0.2, 0.25) is 0 Å². The maximum atomic E-state index is 12.0. The summed E-state index contributed by atoms with van der Waals surface area (Å²) < 4.78 is 32.6. The van der Waals surface area contributed by atoms with Crippen LogP contribution in [0.3, 0.4) is 0 Å². The van der Waals surface area contributed by atoms with E-state index in [4.69, 9.17) is 15.3 Å². The number of hydrogen-bond donors (Lipinski definition) is 4. The smallest absolute Gasteiger partial charge is 0.372 e. The van der Waals surface area contributed by atoms with Crippen LogP contribution in [0.5, 0.6) is 0 Å². The highest BCUT2D eigenvalue weighted by Crippen LogP contribution is 2.62. The summed E-state index contributed by atoms with van der Waals surface area (Å²) in [5.74, 6) is 1.50. The molecule has 0 radical (unpaired) electrons. The minimum Gasteiger partial charge on any atom is -0.372 e. The normalized spacial score (nSPS) is 17.9. The van der Waals surface area contributed by atoms with E-state index in [9.17, 15) is 27.6 Å². The van der Waals surface area contributed by atoms with Gasteiger partial charge in [0.25, 0.3) is 0 Å². The van der Waals surface area contributed by atoms with Gasteiger partial charge >= 0.3 is 11.9 Å². The molecule has 1 saturated carbocycles. The van der Waals surface area contributed by atoms with Crippen LogP contribution >= 0.6 is 0 Å². The first-order valence-corrected chi connectivity index (χ1v) is 12.8. The Balaban J connectivity index is 0.000000579. The number of piperidine rings is 1. The maximum Gasteiger partial charge on any atom is 0.386 e. The fraction of sp³-hybridized carbons (Fsp3) is 0.593. The number of primary amides is 3. The number of aryl methyl sites for hydroxylation is 1. The highest BCUT2D eigenvalue weighted by atomic mass is 19.4. The van der Waals surface area contributed by atoms with E-state index in [1.807, 2.05) is 24.3 Å². The first-order valence-electron chi connectivity index (χ1n) is 12.8. The molecule has 0 bridgehead atoms. The number of H-pyrrole nitrogens is 1. The third-order valence-corrected chi connectivity index (χ3v) is 6.42. The summed E-state index contributed by atoms with van der Waals surface area (Å²) >= 11 is 0. The molecule has 1 aromatic heterocycles. The molecule has 4 rings (SSSR count). The van der Waals surface area contributed by atoms with Gasteiger partial charge in [0.05, 0.1) is 11.0 Å². The summed E-state index contributed by atoms with van der Waals surface area (Å²) in [4.78, 5) is 56.1. The van der Waals surface area contributed by atoms with Gasteiger partial charge in [-0.05, 0) is 34.8 Å². The third kappa shape index (κ3) is 13.9. The van der Waals surface area contributed by atoms with E-state index >= 15 is 0 Å². The van der Waals surface area contributed by atoms with E-state index in [2.05, 4.69) is 56.0 Å². The lowest BCUT2D eigenvalue weighted by molar-refractivity contribution is -0.133. The molecule has 11 nitrogen and oxygen atoms in total. The van der Waals surface area contributed by atoms with Crippen molar-refractivity contribution >= 4 is 35.7 Å². The number of para-hydroxylation sites is 2. The van der Waals surface area contributed by atoms with E-state index < -0.39 is 12.1 Å². The Kier molecular flexibility index (Phi) is 14.3. The zero-order valence-electron chi connectivity index (χ0n) is 24.5. The van der Waals surface area contributed by atoms with Gasteiger partial charge in [0.2, 0.25) is 24.6 Å². The van der Waals surface area contributed by atoms with Crippen LogP contribution in [0.15, 0.2) is 29.1 Å². The largest absolute Gasteiger partial charge is 0.386 e. The van der Waals surface area contributed by atoms with Crippen molar-refractivity contribution in [3.05, 3.63) is 34.7 Å². The highest BCUT2D eigenvalue weighted by Gasteiger charge is 2.62. The molecule has 2 atom stereocenters. The van der Waals surface area contributed by atoms with E-state index in [0.717, 1.165) is 36.0 Å². The molecule has 2 aromatic rings. The average Bonchev–Trinajstić information content (AvgIpc) is 3.15. The van der Waals surface area contributed by atoms with Gasteiger partial charge in [-0.25, -0.2) is 4.79 Å². The minimum absolute atomic E-state index is 0.124. The lowest BCUT2D eigenvalue weighted by Crippen LogP contribution is -2.35. The number of benzene rings is 1. The molecule has 1 aliphatic heterocycles. The van der Waals surface area contributed by atoms with Crippen LogP contribution in [0.25, 0.3) is 11.0 Å². The summed E-state index contributed by atoms with van der Waals surface area (Å²) in [5, 5.41) is 0. The monoisotopic (exact) mass is 588 g/mol. The molecule has 4 amide bonds. The summed E-state index contributed by atoms with van der Waals surface area (Å²) in [7, 11) is 0. The van der Waals surface area contributed by atoms with Gasteiger partial charge in [0, 0.05) is 39.4 Å². The number of likely N-dealkylation sites (tertiary alicyclic amines) is 1. The summed E-state index contributed by atoms with van der Waals surface area (Å²) in [6, 6.07) is 7.33. The zero-order valence-corrected chi connectivity index (χ0v) is 24.5. The quantitative estimate of drug-likeness (QED) is 0.399. The van der Waals surface area contributed by atoms with Crippen molar-refractivity contribution < 1.29 is 32.3 Å². The number of rotatable bonds is 4. The van der Waals surface area contributed by atoms with Gasteiger partial charge in [-0.3, -0.25) is 23.7 Å². The van der Waals surface area contributed by atoms with Crippen LogP contribution in [0, 0.1) is 22.7 Å². The number of nitrogens with zero attached hydrogens (tertiary/aromatic N) is 2. The second-order valence-corrected chi connectivity index (χ2v) is 11.4. The van der Waals surface area contributed by atoms with Crippen molar-refractivity contribution in [3.63, 3.8) is 0 Å². The topological polar surface area (TPSA) is 187 Å². The van der Waals surface area contributed by atoms with E-state index in [1.54, 1.807) is 0 Å². The second-order valence-electron chi connectivity index (χ2n) is 11.4. The number of fused-ring (bicyclic) bond motifs is 2. The SMILES string of the molecule is CC(C)(C)CC(=O)N1CC2C(C1)C2(C)C.CC(F)(F)F.NC(=O)CCn1c(=O)[nH]c2ccccc21.NC=O.NC=O. The number of nitrogens with two attached hydrogens (primary N) is 3. The van der Waals surface area contributed by atoms with Crippen LogP contribution in [-0.4, -0.2) is 58.4 Å². The third-order valence-electron chi connectivity index (χ3n) is 6.42. The molecular formula is C27H43F3N6O5. The molecule has 1 aliphatic carbocycles. The fourth-order valence-electron chi connectivity index (χ4n) is 4.45. The number of aromatic nitrogens is 2. The molecule has 1 saturated heterocycles. The first-order chi connectivity index (χ1) is 18.7. The van der Waals surface area contributed by atoms with Gasteiger partial charge in [-0.1, -0.05) is 46.8 Å². The van der Waals surface area contributed by atoms with Crippen LogP contribution < -0.4 is 22.9 Å². The molecule has 2 aliphatic rings. The lowest BCUT2D eigenvalue weighted by atomic mass is 9.91. The molecule has 232 valence electrons. The predicted octanol–water partition coefficient (Wildman–Crippen LogP) is 2.51. The first kappa shape index (κ1) is 37.2. The number of imidazole rings is 1. The Bertz CT molecular complexity index is 1170. The fourth-order valence-corrected chi connectivity index (χ4v) is 4.45. The van der Waals surface area contributed by atoms with Crippen molar-refractivity contribution in [3.8, 4) is 0 Å². The molecule has 0 spiro atoms. The van der Waals surface area contributed by atoms with Crippen LogP contribution in [0.4, 0.5) is 13.2 Å². The Morgan fingerprint density at radius 2 is 1.46 bits per heavy atom. The van der Waals surface area contributed by atoms with Crippen molar-refractivity contribution in [1.82, 2.24) is 14.5 Å². The number of nitrogens with one attached hydrogen (secondary N) is 1. The lowest BCUT2D eigenvalue weighted by Gasteiger charge is -2.26. The Labute approximate surface area is 237 Å². The molecule has 7 N–H and O–H groups in total. The molecule has 14 heteroatoms. The van der Waals surface area contributed by atoms with Gasteiger partial charge in [0.15, 0.2) is 0 Å². The number of alkyl halides is 3. The van der Waals surface area contributed by atoms with Gasteiger partial charge in [-0.15, -0.1) is 0 Å². The van der Waals surface area contributed by atoms with Crippen molar-refractivity contribution in [2.75, 3.05) is 13.1 Å². The number of aromatic amines is 1. The Morgan fingerprint density at radius 3 is 1.88 bits per heavy atom. The van der Waals surface area contributed by atoms with Crippen molar-refractivity contribution in [2.24, 2.45) is 39.9 Å². The Morgan fingerprint density at radius 1 is 1.02 bits per heavy atom. The minimum atomic E-state index is -4.00. The van der Waals surface area contributed by atoms with Gasteiger partial charge < -0.3 is 27.1 Å². The number of carbonyl (C=O) groups excluding carboxylic acids is 4. The summed E-state index contributed by atoms with van der Waals surface area (Å²) in [6.07, 6.45) is -2.64. The average molecular weight is 589 g/mol. The maximum absolute atomic E-state index is 12.0. The van der Waals surface area contributed by atoms with Gasteiger partial charge in [0.1, 0.15) is 0 Å². The molecule has 2 heterocycles. The zero-order chi connectivity index (χ0) is 32.2. The molecule has 41 heavy (non-hydrogen) atoms. The van der Waals surface area contributed by atoms with Crippen LogP contribution in [-0.2, 0) is 25.7 Å². The standard InChI is InChI=1S/C13H23NO.C10H11N3O2.C2H3F3.2CH3NO/c1-12(2,3)6-11(15)14-7-9-10(8-14)13(9,4)5;11-9(14)5-6-13-8-4-2-1-3-7(8)12-10(13)15;1-2(3,4)5;2*2-1-3/h9-10H,6-8H2,1-5H3;1-4H,5-6H2,(H2,11,14)(H,12,15);1H3;2*1H,(H2,2,3). The number of hydrogen-bond acceptors (Lipinski definition) is 5. The van der Waals surface area contributed by atoms with E-state index in [1.165, 1.54) is 4.57 Å². The summed E-state index contributed by atoms with van der Waals surface area (Å²) in [5.41, 5.74) is 15.4. The number of halogens is 3. The predicted molar refractivity (Wildman–Crippen MR) is 150 cm³/mol. The summed E-state index contributed by atoms with van der Waals surface area (Å²) in [6.45, 7) is 13.6. The van der Waals surface area contributed by atoms with Crippen molar-refractivity contribution in [2.45, 2.75) is 67.1 Å². The molecule has 2 fully saturated rings. The second kappa shape index (κ2) is 15.8. The Hall–Kier alpha value is -3.84. The van der Waals surface area contributed by atoms with E-state index in [-0.39, 0.29) is 37.3 Å². The van der Waals surface area contributed by atoms with E-state index in [0.29, 0.717) is 24.3 Å². The van der Waals surface area contributed by atoms with Gasteiger partial charge in [-0.2, -0.15) is 13.2 Å². The highest BCUT2D eigenvalue weighted by molar-refractivity contribution is 5.77. The van der Waals surface area contributed by atoms with Crippen molar-refractivity contribution in [1.29, 1.82) is 0 Å². The number of amides is 4. The molecular weight excluding hydrogens is 545 g/mol.